The molecule has 1 aliphatic carbocycles. The van der Waals surface area contributed by atoms with Gasteiger partial charge in [-0.1, -0.05) is 31.2 Å². The van der Waals surface area contributed by atoms with Crippen LogP contribution in [-0.4, -0.2) is 35.7 Å². The van der Waals surface area contributed by atoms with Crippen LogP contribution in [0, 0.1) is 0 Å². The quantitative estimate of drug-likeness (QED) is 0.852. The lowest BCUT2D eigenvalue weighted by Gasteiger charge is -2.36. The minimum absolute atomic E-state index is 0.208. The molecule has 1 aliphatic rings. The van der Waals surface area contributed by atoms with E-state index in [9.17, 15) is 4.79 Å². The van der Waals surface area contributed by atoms with Crippen molar-refractivity contribution < 1.29 is 9.53 Å². The van der Waals surface area contributed by atoms with Crippen LogP contribution in [0.15, 0.2) is 24.3 Å². The molecule has 0 aromatic heterocycles. The molecule has 0 aliphatic heterocycles. The molecular weight excluding hydrogens is 312 g/mol. The molecule has 4 nitrogen and oxygen atoms in total. The Labute approximate surface area is 152 Å². The largest absolute Gasteiger partial charge is 0.444 e. The molecule has 4 heteroatoms. The van der Waals surface area contributed by atoms with Gasteiger partial charge in [0.1, 0.15) is 5.60 Å². The number of carbonyl (C=O) groups excluding carboxylic acids is 1. The summed E-state index contributed by atoms with van der Waals surface area (Å²) in [7, 11) is 1.87. The number of carbonyl (C=O) groups is 1. The van der Waals surface area contributed by atoms with Gasteiger partial charge in [-0.05, 0) is 64.0 Å². The average Bonchev–Trinajstić information content (AvgIpc) is 2.58. The lowest BCUT2D eigenvalue weighted by molar-refractivity contribution is 0.0179. The molecule has 1 fully saturated rings. The van der Waals surface area contributed by atoms with E-state index in [1.165, 1.54) is 11.1 Å². The molecule has 0 saturated heterocycles. The zero-order chi connectivity index (χ0) is 18.4. The summed E-state index contributed by atoms with van der Waals surface area (Å²) in [4.78, 5) is 14.0. The highest BCUT2D eigenvalue weighted by atomic mass is 16.6. The Morgan fingerprint density at radius 1 is 1.16 bits per heavy atom. The number of nitrogens with one attached hydrogen (secondary N) is 1. The van der Waals surface area contributed by atoms with Crippen molar-refractivity contribution in [1.82, 2.24) is 10.2 Å². The highest BCUT2D eigenvalue weighted by Gasteiger charge is 2.29. The highest BCUT2D eigenvalue weighted by molar-refractivity contribution is 5.68. The van der Waals surface area contributed by atoms with Crippen LogP contribution in [0.5, 0.6) is 0 Å². The van der Waals surface area contributed by atoms with Gasteiger partial charge in [-0.3, -0.25) is 0 Å². The van der Waals surface area contributed by atoms with Crippen LogP contribution < -0.4 is 5.32 Å². The van der Waals surface area contributed by atoms with Gasteiger partial charge in [0.2, 0.25) is 0 Å². The molecule has 1 saturated carbocycles. The fraction of sp³-hybridized carbons (Fsp3) is 0.667. The first kappa shape index (κ1) is 19.8. The van der Waals surface area contributed by atoms with Gasteiger partial charge in [-0.25, -0.2) is 4.79 Å². The molecule has 1 aromatic rings. The van der Waals surface area contributed by atoms with E-state index in [4.69, 9.17) is 4.74 Å². The zero-order valence-corrected chi connectivity index (χ0v) is 16.5. The molecule has 1 N–H and O–H groups in total. The van der Waals surface area contributed by atoms with E-state index < -0.39 is 5.60 Å². The summed E-state index contributed by atoms with van der Waals surface area (Å²) in [5.74, 6) is 0. The van der Waals surface area contributed by atoms with Crippen molar-refractivity contribution in [1.29, 1.82) is 0 Å². The van der Waals surface area contributed by atoms with E-state index in [1.807, 2.05) is 27.8 Å². The van der Waals surface area contributed by atoms with Crippen molar-refractivity contribution in [3.8, 4) is 0 Å². The average molecular weight is 347 g/mol. The third kappa shape index (κ3) is 6.03. The lowest BCUT2D eigenvalue weighted by atomic mass is 9.90. The summed E-state index contributed by atoms with van der Waals surface area (Å²) < 4.78 is 5.48. The Morgan fingerprint density at radius 3 is 2.32 bits per heavy atom. The highest BCUT2D eigenvalue weighted by Crippen LogP contribution is 2.24. The lowest BCUT2D eigenvalue weighted by Crippen LogP contribution is -2.44. The smallest absolute Gasteiger partial charge is 0.410 e. The van der Waals surface area contributed by atoms with Gasteiger partial charge in [0, 0.05) is 25.7 Å². The van der Waals surface area contributed by atoms with Gasteiger partial charge in [0.15, 0.2) is 0 Å². The Balaban J connectivity index is 1.78. The molecule has 1 aromatic carbocycles. The molecule has 0 bridgehead atoms. The Morgan fingerprint density at radius 2 is 1.76 bits per heavy atom. The molecule has 0 spiro atoms. The van der Waals surface area contributed by atoms with Crippen LogP contribution in [0.3, 0.4) is 0 Å². The number of nitrogens with zero attached hydrogens (tertiary/aromatic N) is 1. The maximum atomic E-state index is 12.2. The fourth-order valence-electron chi connectivity index (χ4n) is 3.48. The van der Waals surface area contributed by atoms with Gasteiger partial charge >= 0.3 is 6.09 Å². The van der Waals surface area contributed by atoms with E-state index in [0.717, 1.165) is 38.6 Å². The summed E-state index contributed by atoms with van der Waals surface area (Å²) >= 11 is 0. The zero-order valence-electron chi connectivity index (χ0n) is 16.5. The van der Waals surface area contributed by atoms with E-state index in [1.54, 1.807) is 4.90 Å². The molecule has 0 heterocycles. The summed E-state index contributed by atoms with van der Waals surface area (Å²) in [6.45, 7) is 8.87. The molecule has 0 unspecified atom stereocenters. The monoisotopic (exact) mass is 346 g/mol. The van der Waals surface area contributed by atoms with E-state index in [0.29, 0.717) is 6.04 Å². The Bertz CT molecular complexity index is 557. The maximum Gasteiger partial charge on any atom is 0.410 e. The molecular formula is C21H34N2O2. The number of rotatable bonds is 5. The summed E-state index contributed by atoms with van der Waals surface area (Å²) in [5, 5.41) is 3.70. The van der Waals surface area contributed by atoms with E-state index in [-0.39, 0.29) is 12.1 Å². The predicted octanol–water partition coefficient (Wildman–Crippen LogP) is 4.52. The number of benzene rings is 1. The molecule has 140 valence electrons. The summed E-state index contributed by atoms with van der Waals surface area (Å²) in [5.41, 5.74) is 2.39. The first-order chi connectivity index (χ1) is 11.8. The summed E-state index contributed by atoms with van der Waals surface area (Å²) in [6, 6.07) is 9.48. The minimum atomic E-state index is -0.434. The van der Waals surface area contributed by atoms with E-state index in [2.05, 4.69) is 36.5 Å². The first-order valence-corrected chi connectivity index (χ1v) is 9.56. The van der Waals surface area contributed by atoms with Crippen LogP contribution in [0.4, 0.5) is 4.79 Å². The van der Waals surface area contributed by atoms with Crippen molar-refractivity contribution in [2.75, 3.05) is 7.05 Å². The second-order valence-corrected chi connectivity index (χ2v) is 8.10. The van der Waals surface area contributed by atoms with Gasteiger partial charge < -0.3 is 15.0 Å². The number of amides is 1. The van der Waals surface area contributed by atoms with Gasteiger partial charge in [-0.2, -0.15) is 0 Å². The van der Waals surface area contributed by atoms with Crippen molar-refractivity contribution in [2.45, 2.75) is 84.0 Å². The Kier molecular flexibility index (Phi) is 6.88. The third-order valence-electron chi connectivity index (χ3n) is 5.01. The normalized spacial score (nSPS) is 21.0. The van der Waals surface area contributed by atoms with Crippen LogP contribution in [0.1, 0.15) is 64.5 Å². The van der Waals surface area contributed by atoms with Crippen molar-refractivity contribution in [3.63, 3.8) is 0 Å². The second kappa shape index (κ2) is 8.70. The van der Waals surface area contributed by atoms with Crippen molar-refractivity contribution >= 4 is 6.09 Å². The fourth-order valence-corrected chi connectivity index (χ4v) is 3.48. The van der Waals surface area contributed by atoms with Crippen LogP contribution in [-0.2, 0) is 17.7 Å². The van der Waals surface area contributed by atoms with Crippen LogP contribution >= 0.6 is 0 Å². The van der Waals surface area contributed by atoms with Gasteiger partial charge in [-0.15, -0.1) is 0 Å². The van der Waals surface area contributed by atoms with Crippen molar-refractivity contribution in [2.24, 2.45) is 0 Å². The first-order valence-electron chi connectivity index (χ1n) is 9.56. The molecule has 2 rings (SSSR count). The second-order valence-electron chi connectivity index (χ2n) is 8.10. The van der Waals surface area contributed by atoms with Crippen molar-refractivity contribution in [3.05, 3.63) is 35.4 Å². The minimum Gasteiger partial charge on any atom is -0.444 e. The molecule has 0 atom stereocenters. The number of ether oxygens (including phenoxy) is 1. The molecule has 25 heavy (non-hydrogen) atoms. The standard InChI is InChI=1S/C21H34N2O2/c1-6-16-9-7-8-10-17(16)15-22-18-11-13-19(14-12-18)23(5)20(24)25-21(2,3)4/h7-10,18-19,22H,6,11-15H2,1-5H3. The number of hydrogen-bond acceptors (Lipinski definition) is 3. The van der Waals surface area contributed by atoms with Crippen LogP contribution in [0.2, 0.25) is 0 Å². The van der Waals surface area contributed by atoms with Gasteiger partial charge in [0.05, 0.1) is 0 Å². The molecule has 1 amide bonds. The predicted molar refractivity (Wildman–Crippen MR) is 103 cm³/mol. The summed E-state index contributed by atoms with van der Waals surface area (Å²) in [6.07, 6.45) is 5.13. The maximum absolute atomic E-state index is 12.2. The van der Waals surface area contributed by atoms with E-state index >= 15 is 0 Å². The molecule has 0 radical (unpaired) electrons. The topological polar surface area (TPSA) is 41.6 Å². The SMILES string of the molecule is CCc1ccccc1CNC1CCC(N(C)C(=O)OC(C)(C)C)CC1. The van der Waals surface area contributed by atoms with Crippen LogP contribution in [0.25, 0.3) is 0 Å². The number of hydrogen-bond donors (Lipinski definition) is 1. The third-order valence-corrected chi connectivity index (χ3v) is 5.01. The number of aryl methyl sites for hydroxylation is 1. The van der Waals surface area contributed by atoms with Gasteiger partial charge in [0.25, 0.3) is 0 Å². The Hall–Kier alpha value is -1.55.